The molecule has 0 atom stereocenters. The highest BCUT2D eigenvalue weighted by atomic mass is 32.2. The van der Waals surface area contributed by atoms with Crippen LogP contribution in [0.2, 0.25) is 0 Å². The van der Waals surface area contributed by atoms with Gasteiger partial charge in [-0.2, -0.15) is 8.42 Å². The van der Waals surface area contributed by atoms with E-state index in [1.165, 1.54) is 24.3 Å². The molecule has 1 aromatic rings. The van der Waals surface area contributed by atoms with Crippen molar-refractivity contribution in [2.24, 2.45) is 0 Å². The Bertz CT molecular complexity index is 431. The zero-order chi connectivity index (χ0) is 10.8. The first-order valence-electron chi connectivity index (χ1n) is 3.66. The third-order valence-electron chi connectivity index (χ3n) is 1.50. The van der Waals surface area contributed by atoms with Crippen LogP contribution in [0.4, 0.5) is 0 Å². The molecule has 76 valence electrons. The number of ketones is 1. The molecule has 1 aromatic carbocycles. The summed E-state index contributed by atoms with van der Waals surface area (Å²) in [6.45, 7) is 0. The van der Waals surface area contributed by atoms with Gasteiger partial charge in [-0.1, -0.05) is 0 Å². The molecule has 2 N–H and O–H groups in total. The predicted octanol–water partition coefficient (Wildman–Crippen LogP) is 0.463. The summed E-state index contributed by atoms with van der Waals surface area (Å²) in [6, 6.07) is 5.08. The van der Waals surface area contributed by atoms with E-state index >= 15 is 0 Å². The molecule has 0 heterocycles. The zero-order valence-corrected chi connectivity index (χ0v) is 7.86. The number of phenolic OH excluding ortho intramolecular Hbond substituents is 1. The van der Waals surface area contributed by atoms with Crippen LogP contribution < -0.4 is 0 Å². The molecule has 5 nitrogen and oxygen atoms in total. The topological polar surface area (TPSA) is 91.7 Å². The van der Waals surface area contributed by atoms with Crippen molar-refractivity contribution in [3.05, 3.63) is 29.8 Å². The molecular formula is C8H8O5S. The first-order chi connectivity index (χ1) is 6.38. The summed E-state index contributed by atoms with van der Waals surface area (Å²) in [5.74, 6) is -1.68. The van der Waals surface area contributed by atoms with Gasteiger partial charge in [0.1, 0.15) is 11.5 Å². The molecule has 0 bridgehead atoms. The molecule has 0 aromatic heterocycles. The third-order valence-corrected chi connectivity index (χ3v) is 2.13. The molecule has 0 spiro atoms. The molecule has 0 amide bonds. The number of phenols is 1. The molecule has 0 fully saturated rings. The Morgan fingerprint density at radius 3 is 2.14 bits per heavy atom. The minimum absolute atomic E-state index is 0.0200. The molecule has 0 aliphatic carbocycles. The van der Waals surface area contributed by atoms with Crippen LogP contribution in [0.15, 0.2) is 24.3 Å². The van der Waals surface area contributed by atoms with Gasteiger partial charge >= 0.3 is 0 Å². The maximum atomic E-state index is 11.2. The summed E-state index contributed by atoms with van der Waals surface area (Å²) in [5.41, 5.74) is 0.125. The van der Waals surface area contributed by atoms with Crippen LogP contribution in [0.25, 0.3) is 0 Å². The molecule has 0 unspecified atom stereocenters. The van der Waals surface area contributed by atoms with Crippen LogP contribution in [0.1, 0.15) is 10.4 Å². The number of hydrogen-bond donors (Lipinski definition) is 2. The van der Waals surface area contributed by atoms with Gasteiger partial charge in [-0.25, -0.2) is 0 Å². The van der Waals surface area contributed by atoms with Gasteiger partial charge in [-0.15, -0.1) is 0 Å². The Kier molecular flexibility index (Phi) is 2.87. The van der Waals surface area contributed by atoms with Crippen molar-refractivity contribution < 1.29 is 22.9 Å². The van der Waals surface area contributed by atoms with Crippen molar-refractivity contribution in [3.63, 3.8) is 0 Å². The van der Waals surface area contributed by atoms with Crippen LogP contribution >= 0.6 is 0 Å². The van der Waals surface area contributed by atoms with E-state index in [0.717, 1.165) is 0 Å². The van der Waals surface area contributed by atoms with Crippen molar-refractivity contribution >= 4 is 15.9 Å². The standard InChI is InChI=1S/C8H8O5S/c9-7-3-1-6(2-4-7)8(10)5-14(11,12)13/h1-4,9H,5H2,(H,11,12,13). The SMILES string of the molecule is O=C(CS(=O)(=O)O)c1ccc(O)cc1. The Morgan fingerprint density at radius 1 is 1.21 bits per heavy atom. The fourth-order valence-corrected chi connectivity index (χ4v) is 1.39. The molecule has 0 saturated heterocycles. The van der Waals surface area contributed by atoms with Crippen molar-refractivity contribution in [1.82, 2.24) is 0 Å². The summed E-state index contributed by atoms with van der Waals surface area (Å²) in [6.07, 6.45) is 0. The Hall–Kier alpha value is -1.40. The molecule has 0 radical (unpaired) electrons. The van der Waals surface area contributed by atoms with E-state index in [0.29, 0.717) is 0 Å². The van der Waals surface area contributed by atoms with Gasteiger partial charge in [0.2, 0.25) is 0 Å². The molecule has 0 saturated carbocycles. The quantitative estimate of drug-likeness (QED) is 0.565. The van der Waals surface area contributed by atoms with E-state index in [-0.39, 0.29) is 11.3 Å². The van der Waals surface area contributed by atoms with E-state index in [2.05, 4.69) is 0 Å². The van der Waals surface area contributed by atoms with E-state index in [4.69, 9.17) is 9.66 Å². The van der Waals surface area contributed by atoms with Crippen LogP contribution in [0, 0.1) is 0 Å². The molecular weight excluding hydrogens is 208 g/mol. The summed E-state index contributed by atoms with van der Waals surface area (Å²) in [4.78, 5) is 11.2. The van der Waals surface area contributed by atoms with Crippen LogP contribution in [0.3, 0.4) is 0 Å². The number of rotatable bonds is 3. The van der Waals surface area contributed by atoms with E-state index in [1.807, 2.05) is 0 Å². The average Bonchev–Trinajstić information content (AvgIpc) is 2.02. The van der Waals surface area contributed by atoms with Gasteiger partial charge in [0.15, 0.2) is 5.78 Å². The summed E-state index contributed by atoms with van der Waals surface area (Å²) >= 11 is 0. The van der Waals surface area contributed by atoms with Crippen LogP contribution in [-0.4, -0.2) is 29.6 Å². The van der Waals surface area contributed by atoms with Crippen LogP contribution in [-0.2, 0) is 10.1 Å². The van der Waals surface area contributed by atoms with E-state index in [1.54, 1.807) is 0 Å². The van der Waals surface area contributed by atoms with Crippen molar-refractivity contribution in [2.75, 3.05) is 5.75 Å². The Morgan fingerprint density at radius 2 is 1.71 bits per heavy atom. The minimum Gasteiger partial charge on any atom is -0.508 e. The highest BCUT2D eigenvalue weighted by Crippen LogP contribution is 2.10. The van der Waals surface area contributed by atoms with E-state index < -0.39 is 21.7 Å². The highest BCUT2D eigenvalue weighted by Gasteiger charge is 2.14. The molecule has 6 heteroatoms. The maximum absolute atomic E-state index is 11.2. The highest BCUT2D eigenvalue weighted by molar-refractivity contribution is 7.86. The van der Waals surface area contributed by atoms with Crippen molar-refractivity contribution in [3.8, 4) is 5.75 Å². The normalized spacial score (nSPS) is 11.2. The lowest BCUT2D eigenvalue weighted by Crippen LogP contribution is -2.14. The van der Waals surface area contributed by atoms with Gasteiger partial charge in [0, 0.05) is 5.56 Å². The maximum Gasteiger partial charge on any atom is 0.272 e. The number of Topliss-reactive ketones (excluding diaryl/α,β-unsaturated/α-hetero) is 1. The number of hydrogen-bond acceptors (Lipinski definition) is 4. The lowest BCUT2D eigenvalue weighted by atomic mass is 10.1. The number of carbonyl (C=O) groups is 1. The zero-order valence-electron chi connectivity index (χ0n) is 7.04. The predicted molar refractivity (Wildman–Crippen MR) is 48.9 cm³/mol. The molecule has 1 rings (SSSR count). The second kappa shape index (κ2) is 3.77. The Labute approximate surface area is 80.7 Å². The number of benzene rings is 1. The summed E-state index contributed by atoms with van der Waals surface area (Å²) < 4.78 is 29.1. The third kappa shape index (κ3) is 3.15. The van der Waals surface area contributed by atoms with Gasteiger partial charge in [-0.05, 0) is 24.3 Å². The van der Waals surface area contributed by atoms with Crippen molar-refractivity contribution in [1.29, 1.82) is 0 Å². The fraction of sp³-hybridized carbons (Fsp3) is 0.125. The monoisotopic (exact) mass is 216 g/mol. The Balaban J connectivity index is 2.86. The summed E-state index contributed by atoms with van der Waals surface area (Å²) in [7, 11) is -4.29. The smallest absolute Gasteiger partial charge is 0.272 e. The fourth-order valence-electron chi connectivity index (χ4n) is 0.896. The van der Waals surface area contributed by atoms with Gasteiger partial charge < -0.3 is 5.11 Å². The molecule has 0 aliphatic rings. The summed E-state index contributed by atoms with van der Waals surface area (Å²) in [5, 5.41) is 8.89. The van der Waals surface area contributed by atoms with Crippen LogP contribution in [0.5, 0.6) is 5.75 Å². The number of aromatic hydroxyl groups is 1. The minimum atomic E-state index is -4.29. The lowest BCUT2D eigenvalue weighted by molar-refractivity contribution is 0.101. The largest absolute Gasteiger partial charge is 0.508 e. The molecule has 14 heavy (non-hydrogen) atoms. The first-order valence-corrected chi connectivity index (χ1v) is 5.27. The van der Waals surface area contributed by atoms with Gasteiger partial charge in [-0.3, -0.25) is 9.35 Å². The second-order valence-electron chi connectivity index (χ2n) is 2.70. The van der Waals surface area contributed by atoms with Gasteiger partial charge in [0.05, 0.1) is 0 Å². The second-order valence-corrected chi connectivity index (χ2v) is 4.15. The lowest BCUT2D eigenvalue weighted by Gasteiger charge is -1.98. The van der Waals surface area contributed by atoms with Crippen molar-refractivity contribution in [2.45, 2.75) is 0 Å². The van der Waals surface area contributed by atoms with E-state index in [9.17, 15) is 13.2 Å². The molecule has 0 aliphatic heterocycles. The number of carbonyl (C=O) groups excluding carboxylic acids is 1. The first kappa shape index (κ1) is 10.7. The average molecular weight is 216 g/mol. The van der Waals surface area contributed by atoms with Gasteiger partial charge in [0.25, 0.3) is 10.1 Å².